The number of rotatable bonds is 4. The lowest BCUT2D eigenvalue weighted by molar-refractivity contribution is -0.119. The first-order valence-corrected chi connectivity index (χ1v) is 7.76. The number of alkyl halides is 1. The first-order valence-electron chi connectivity index (χ1n) is 7.23. The van der Waals surface area contributed by atoms with E-state index in [1.807, 2.05) is 18.2 Å². The minimum Gasteiger partial charge on any atom is -0.297 e. The van der Waals surface area contributed by atoms with Crippen molar-refractivity contribution in [3.05, 3.63) is 41.6 Å². The lowest BCUT2D eigenvalue weighted by Crippen LogP contribution is -2.42. The van der Waals surface area contributed by atoms with Gasteiger partial charge in [0.1, 0.15) is 6.04 Å². The summed E-state index contributed by atoms with van der Waals surface area (Å²) in [5.74, 6) is 0.596. The van der Waals surface area contributed by atoms with Gasteiger partial charge in [0.2, 0.25) is 0 Å². The number of ketones is 1. The number of nitrogens with zero attached hydrogens (tertiary/aromatic N) is 1. The van der Waals surface area contributed by atoms with Crippen molar-refractivity contribution >= 4 is 23.1 Å². The Labute approximate surface area is 124 Å². The van der Waals surface area contributed by atoms with Gasteiger partial charge in [-0.2, -0.15) is 0 Å². The van der Waals surface area contributed by atoms with Crippen LogP contribution in [0.25, 0.3) is 0 Å². The third-order valence-corrected chi connectivity index (χ3v) is 4.22. The first kappa shape index (κ1) is 13.7. The van der Waals surface area contributed by atoms with Crippen molar-refractivity contribution in [2.75, 3.05) is 10.9 Å². The van der Waals surface area contributed by atoms with Crippen LogP contribution in [0.5, 0.6) is 0 Å². The van der Waals surface area contributed by atoms with E-state index in [-0.39, 0.29) is 11.8 Å². The number of halogens is 1. The molecule has 0 saturated heterocycles. The van der Waals surface area contributed by atoms with E-state index in [4.69, 9.17) is 11.6 Å². The van der Waals surface area contributed by atoms with Crippen molar-refractivity contribution in [2.45, 2.75) is 38.1 Å². The van der Waals surface area contributed by atoms with Crippen molar-refractivity contribution in [3.8, 4) is 0 Å². The normalized spacial score (nSPS) is 22.1. The lowest BCUT2D eigenvalue weighted by atomic mass is 9.90. The molecule has 1 N–H and O–H groups in total. The van der Waals surface area contributed by atoms with E-state index < -0.39 is 0 Å². The molecule has 0 amide bonds. The molecular weight excluding hydrogens is 272 g/mol. The zero-order valence-corrected chi connectivity index (χ0v) is 12.2. The number of carbonyl (C=O) groups is 1. The highest BCUT2D eigenvalue weighted by Gasteiger charge is 2.36. The zero-order chi connectivity index (χ0) is 13.9. The van der Waals surface area contributed by atoms with Gasteiger partial charge in [0.25, 0.3) is 0 Å². The van der Waals surface area contributed by atoms with Crippen LogP contribution in [0.3, 0.4) is 0 Å². The molecule has 0 spiro atoms. The summed E-state index contributed by atoms with van der Waals surface area (Å²) in [7, 11) is 0. The summed E-state index contributed by atoms with van der Waals surface area (Å²) in [5, 5.41) is 2.10. The Bertz CT molecular complexity index is 527. The molecule has 4 heteroatoms. The van der Waals surface area contributed by atoms with Crippen molar-refractivity contribution < 1.29 is 4.79 Å². The number of benzene rings is 1. The molecule has 1 aromatic rings. The Morgan fingerprint density at radius 1 is 1.25 bits per heavy atom. The van der Waals surface area contributed by atoms with Gasteiger partial charge in [0.15, 0.2) is 5.78 Å². The molecule has 1 heterocycles. The number of Topliss-reactive ketones (excluding diaryl/α,β-unsaturated/α-hetero) is 1. The molecule has 1 aliphatic carbocycles. The Morgan fingerprint density at radius 2 is 2.00 bits per heavy atom. The Hall–Kier alpha value is -1.32. The fraction of sp³-hybridized carbons (Fsp3) is 0.438. The average Bonchev–Trinajstić information content (AvgIpc) is 2.88. The summed E-state index contributed by atoms with van der Waals surface area (Å²) in [4.78, 5) is 12.3. The van der Waals surface area contributed by atoms with Crippen molar-refractivity contribution in [1.82, 2.24) is 5.43 Å². The first-order chi connectivity index (χ1) is 9.81. The Morgan fingerprint density at radius 3 is 2.75 bits per heavy atom. The number of hydrazine groups is 1. The Kier molecular flexibility index (Phi) is 4.08. The number of carbonyl (C=O) groups excluding carboxylic acids is 1. The van der Waals surface area contributed by atoms with E-state index in [2.05, 4.69) is 22.6 Å². The SMILES string of the molecule is O=C(CCCl)C1NN(c2ccccc2)C2=C1CCCC2. The average molecular weight is 291 g/mol. The second-order valence-electron chi connectivity index (χ2n) is 5.32. The molecular formula is C16H19ClN2O. The summed E-state index contributed by atoms with van der Waals surface area (Å²) in [6.45, 7) is 0. The van der Waals surface area contributed by atoms with E-state index >= 15 is 0 Å². The largest absolute Gasteiger partial charge is 0.297 e. The van der Waals surface area contributed by atoms with E-state index in [0.29, 0.717) is 12.3 Å². The van der Waals surface area contributed by atoms with Crippen LogP contribution in [0.1, 0.15) is 32.1 Å². The minimum absolute atomic E-state index is 0.177. The van der Waals surface area contributed by atoms with E-state index in [0.717, 1.165) is 18.5 Å². The highest BCUT2D eigenvalue weighted by atomic mass is 35.5. The maximum atomic E-state index is 12.3. The number of hydrogen-bond donors (Lipinski definition) is 1. The maximum Gasteiger partial charge on any atom is 0.156 e. The molecule has 3 rings (SSSR count). The van der Waals surface area contributed by atoms with E-state index in [1.165, 1.54) is 24.1 Å². The summed E-state index contributed by atoms with van der Waals surface area (Å²) in [6, 6.07) is 10.0. The van der Waals surface area contributed by atoms with Gasteiger partial charge in [-0.25, -0.2) is 5.43 Å². The predicted molar refractivity (Wildman–Crippen MR) is 81.7 cm³/mol. The monoisotopic (exact) mass is 290 g/mol. The van der Waals surface area contributed by atoms with Gasteiger partial charge in [0, 0.05) is 18.0 Å². The third-order valence-electron chi connectivity index (χ3n) is 4.03. The molecule has 3 nitrogen and oxygen atoms in total. The topological polar surface area (TPSA) is 32.3 Å². The van der Waals surface area contributed by atoms with Gasteiger partial charge >= 0.3 is 0 Å². The van der Waals surface area contributed by atoms with Crippen LogP contribution in [-0.2, 0) is 4.79 Å². The summed E-state index contributed by atoms with van der Waals surface area (Å²) in [5.41, 5.74) is 7.05. The number of anilines is 1. The Balaban J connectivity index is 1.91. The fourth-order valence-electron chi connectivity index (χ4n) is 3.08. The van der Waals surface area contributed by atoms with Crippen LogP contribution in [-0.4, -0.2) is 17.7 Å². The molecule has 1 aromatic carbocycles. The molecule has 1 atom stereocenters. The predicted octanol–water partition coefficient (Wildman–Crippen LogP) is 3.41. The third kappa shape index (κ3) is 2.48. The van der Waals surface area contributed by atoms with Gasteiger partial charge < -0.3 is 0 Å². The summed E-state index contributed by atoms with van der Waals surface area (Å²) < 4.78 is 0. The molecule has 1 unspecified atom stereocenters. The second-order valence-corrected chi connectivity index (χ2v) is 5.70. The highest BCUT2D eigenvalue weighted by molar-refractivity contribution is 6.19. The van der Waals surface area contributed by atoms with Gasteiger partial charge in [-0.15, -0.1) is 11.6 Å². The molecule has 0 bridgehead atoms. The number of nitrogens with one attached hydrogen (secondary N) is 1. The van der Waals surface area contributed by atoms with Crippen LogP contribution in [0.15, 0.2) is 41.6 Å². The van der Waals surface area contributed by atoms with Crippen LogP contribution in [0, 0.1) is 0 Å². The van der Waals surface area contributed by atoms with Crippen molar-refractivity contribution in [2.24, 2.45) is 0 Å². The number of hydrogen-bond acceptors (Lipinski definition) is 3. The molecule has 0 aromatic heterocycles. The molecule has 1 aliphatic heterocycles. The smallest absolute Gasteiger partial charge is 0.156 e. The standard InChI is InChI=1S/C16H19ClN2O/c17-11-10-15(20)16-13-8-4-5-9-14(13)19(18-16)12-6-2-1-3-7-12/h1-3,6-7,16,18H,4-5,8-11H2. The molecule has 106 valence electrons. The van der Waals surface area contributed by atoms with Gasteiger partial charge in [-0.05, 0) is 43.4 Å². The van der Waals surface area contributed by atoms with Crippen molar-refractivity contribution in [3.63, 3.8) is 0 Å². The van der Waals surface area contributed by atoms with Crippen LogP contribution in [0.4, 0.5) is 5.69 Å². The molecule has 20 heavy (non-hydrogen) atoms. The summed E-state index contributed by atoms with van der Waals surface area (Å²) >= 11 is 5.73. The maximum absolute atomic E-state index is 12.3. The fourth-order valence-corrected chi connectivity index (χ4v) is 3.26. The van der Waals surface area contributed by atoms with Gasteiger partial charge in [0.05, 0.1) is 5.69 Å². The van der Waals surface area contributed by atoms with Crippen LogP contribution < -0.4 is 10.4 Å². The van der Waals surface area contributed by atoms with Gasteiger partial charge in [-0.3, -0.25) is 9.80 Å². The summed E-state index contributed by atoms with van der Waals surface area (Å²) in [6.07, 6.45) is 4.86. The highest BCUT2D eigenvalue weighted by Crippen LogP contribution is 2.36. The molecule has 2 aliphatic rings. The minimum atomic E-state index is -0.177. The molecule has 0 saturated carbocycles. The molecule has 0 fully saturated rings. The quantitative estimate of drug-likeness (QED) is 0.863. The number of para-hydroxylation sites is 1. The van der Waals surface area contributed by atoms with Crippen LogP contribution in [0.2, 0.25) is 0 Å². The number of allylic oxidation sites excluding steroid dienone is 1. The van der Waals surface area contributed by atoms with E-state index in [1.54, 1.807) is 0 Å². The molecule has 0 radical (unpaired) electrons. The lowest BCUT2D eigenvalue weighted by Gasteiger charge is -2.24. The van der Waals surface area contributed by atoms with Crippen LogP contribution >= 0.6 is 11.6 Å². The second kappa shape index (κ2) is 5.98. The van der Waals surface area contributed by atoms with Crippen molar-refractivity contribution in [1.29, 1.82) is 0 Å². The zero-order valence-electron chi connectivity index (χ0n) is 11.4. The van der Waals surface area contributed by atoms with Gasteiger partial charge in [-0.1, -0.05) is 18.2 Å². The van der Waals surface area contributed by atoms with E-state index in [9.17, 15) is 4.79 Å².